The van der Waals surface area contributed by atoms with Gasteiger partial charge in [-0.05, 0) is 48.0 Å². The van der Waals surface area contributed by atoms with Crippen LogP contribution in [0.4, 0.5) is 10.1 Å². The summed E-state index contributed by atoms with van der Waals surface area (Å²) >= 11 is 0. The largest absolute Gasteiger partial charge is 0.493 e. The van der Waals surface area contributed by atoms with Gasteiger partial charge in [0.25, 0.3) is 5.91 Å². The van der Waals surface area contributed by atoms with E-state index in [1.807, 2.05) is 0 Å². The van der Waals surface area contributed by atoms with Crippen molar-refractivity contribution in [3.05, 3.63) is 53.8 Å². The summed E-state index contributed by atoms with van der Waals surface area (Å²) in [6.45, 7) is 2.20. The zero-order valence-corrected chi connectivity index (χ0v) is 15.6. The summed E-state index contributed by atoms with van der Waals surface area (Å²) in [5, 5.41) is 4.12. The van der Waals surface area contributed by atoms with E-state index in [1.165, 1.54) is 19.2 Å². The molecule has 2 aromatic carbocycles. The Bertz CT molecular complexity index is 821. The quantitative estimate of drug-likeness (QED) is 0.584. The molecule has 1 amide bonds. The van der Waals surface area contributed by atoms with Crippen molar-refractivity contribution in [1.29, 1.82) is 0 Å². The van der Waals surface area contributed by atoms with Crippen LogP contribution in [0.25, 0.3) is 0 Å². The number of carbonyl (C=O) groups is 1. The lowest BCUT2D eigenvalue weighted by Crippen LogP contribution is -2.43. The van der Waals surface area contributed by atoms with E-state index in [4.69, 9.17) is 14.2 Å². The molecular weight excluding hydrogens is 365 g/mol. The number of hydrogen-bond donors (Lipinski definition) is 1. The van der Waals surface area contributed by atoms with Gasteiger partial charge in [-0.3, -0.25) is 10.2 Å². The van der Waals surface area contributed by atoms with Crippen LogP contribution in [-0.2, 0) is 9.53 Å². The molecule has 1 N–H and O–H groups in total. The van der Waals surface area contributed by atoms with E-state index < -0.39 is 0 Å². The van der Waals surface area contributed by atoms with Crippen molar-refractivity contribution in [3.63, 3.8) is 0 Å². The SMILES string of the molecule is COc1cc(/C=N\Nc2ccc(F)cc2)ccc1OCC(=O)N1CCOCC1. The Labute approximate surface area is 162 Å². The van der Waals surface area contributed by atoms with Crippen molar-refractivity contribution in [1.82, 2.24) is 4.90 Å². The topological polar surface area (TPSA) is 72.4 Å². The standard InChI is InChI=1S/C20H22FN3O4/c1-26-19-12-15(13-22-23-17-5-3-16(21)4-6-17)2-7-18(19)28-14-20(25)24-8-10-27-11-9-24/h2-7,12-13,23H,8-11,14H2,1H3/b22-13-. The number of methoxy groups -OCH3 is 1. The van der Waals surface area contributed by atoms with Gasteiger partial charge in [0.15, 0.2) is 18.1 Å². The zero-order chi connectivity index (χ0) is 19.8. The molecule has 1 heterocycles. The smallest absolute Gasteiger partial charge is 0.260 e. The third-order valence-corrected chi connectivity index (χ3v) is 4.15. The molecule has 0 spiro atoms. The molecule has 0 unspecified atom stereocenters. The molecule has 0 aromatic heterocycles. The first-order valence-electron chi connectivity index (χ1n) is 8.87. The minimum Gasteiger partial charge on any atom is -0.493 e. The van der Waals surface area contributed by atoms with E-state index >= 15 is 0 Å². The van der Waals surface area contributed by atoms with E-state index in [2.05, 4.69) is 10.5 Å². The summed E-state index contributed by atoms with van der Waals surface area (Å²) in [6.07, 6.45) is 1.61. The summed E-state index contributed by atoms with van der Waals surface area (Å²) in [5.74, 6) is 0.592. The van der Waals surface area contributed by atoms with Crippen molar-refractivity contribution in [2.45, 2.75) is 0 Å². The molecule has 0 bridgehead atoms. The third kappa shape index (κ3) is 5.43. The van der Waals surface area contributed by atoms with Gasteiger partial charge in [0.2, 0.25) is 0 Å². The van der Waals surface area contributed by atoms with Crippen molar-refractivity contribution in [2.24, 2.45) is 5.10 Å². The number of hydrogen-bond acceptors (Lipinski definition) is 6. The Balaban J connectivity index is 1.57. The number of anilines is 1. The van der Waals surface area contributed by atoms with Gasteiger partial charge in [-0.15, -0.1) is 0 Å². The summed E-state index contributed by atoms with van der Waals surface area (Å²) in [6, 6.07) is 11.2. The Hall–Kier alpha value is -3.13. The number of carbonyl (C=O) groups excluding carboxylic acids is 1. The van der Waals surface area contributed by atoms with Crippen LogP contribution in [0.5, 0.6) is 11.5 Å². The first kappa shape index (κ1) is 19.6. The number of morpholine rings is 1. The molecule has 1 saturated heterocycles. The van der Waals surface area contributed by atoms with Crippen molar-refractivity contribution < 1.29 is 23.4 Å². The first-order chi connectivity index (χ1) is 13.7. The van der Waals surface area contributed by atoms with Crippen LogP contribution in [-0.4, -0.2) is 57.0 Å². The highest BCUT2D eigenvalue weighted by Crippen LogP contribution is 2.27. The van der Waals surface area contributed by atoms with Crippen LogP contribution in [0.1, 0.15) is 5.56 Å². The van der Waals surface area contributed by atoms with Gasteiger partial charge in [0.1, 0.15) is 5.82 Å². The summed E-state index contributed by atoms with van der Waals surface area (Å²) < 4.78 is 29.1. The number of halogens is 1. The Morgan fingerprint density at radius 3 is 2.68 bits per heavy atom. The Morgan fingerprint density at radius 1 is 1.21 bits per heavy atom. The van der Waals surface area contributed by atoms with Gasteiger partial charge in [-0.1, -0.05) is 0 Å². The molecular formula is C20H22FN3O4. The van der Waals surface area contributed by atoms with Crippen molar-refractivity contribution in [2.75, 3.05) is 45.4 Å². The maximum Gasteiger partial charge on any atom is 0.260 e. The second-order valence-corrected chi connectivity index (χ2v) is 6.07. The fraction of sp³-hybridized carbons (Fsp3) is 0.300. The molecule has 0 radical (unpaired) electrons. The average molecular weight is 387 g/mol. The van der Waals surface area contributed by atoms with Gasteiger partial charge in [-0.2, -0.15) is 5.10 Å². The Kier molecular flexibility index (Phi) is 6.80. The molecule has 0 atom stereocenters. The number of benzene rings is 2. The highest BCUT2D eigenvalue weighted by atomic mass is 19.1. The monoisotopic (exact) mass is 387 g/mol. The highest BCUT2D eigenvalue weighted by molar-refractivity contribution is 5.82. The second kappa shape index (κ2) is 9.70. The third-order valence-electron chi connectivity index (χ3n) is 4.15. The van der Waals surface area contributed by atoms with Crippen LogP contribution in [0.2, 0.25) is 0 Å². The molecule has 148 valence electrons. The second-order valence-electron chi connectivity index (χ2n) is 6.07. The van der Waals surface area contributed by atoms with E-state index in [0.29, 0.717) is 43.5 Å². The van der Waals surface area contributed by atoms with Crippen LogP contribution in [0, 0.1) is 5.82 Å². The van der Waals surface area contributed by atoms with Gasteiger partial charge in [-0.25, -0.2) is 4.39 Å². The molecule has 0 saturated carbocycles. The van der Waals surface area contributed by atoms with E-state index in [0.717, 1.165) is 5.56 Å². The van der Waals surface area contributed by atoms with Gasteiger partial charge in [0, 0.05) is 13.1 Å². The van der Waals surface area contributed by atoms with Crippen LogP contribution in [0.15, 0.2) is 47.6 Å². The van der Waals surface area contributed by atoms with Gasteiger partial charge >= 0.3 is 0 Å². The minimum atomic E-state index is -0.304. The molecule has 1 aliphatic heterocycles. The normalized spacial score (nSPS) is 14.1. The van der Waals surface area contributed by atoms with Crippen molar-refractivity contribution in [3.8, 4) is 11.5 Å². The fourth-order valence-corrected chi connectivity index (χ4v) is 2.63. The van der Waals surface area contributed by atoms with E-state index in [-0.39, 0.29) is 18.3 Å². The number of rotatable bonds is 7. The molecule has 0 aliphatic carbocycles. The summed E-state index contributed by atoms with van der Waals surface area (Å²) in [4.78, 5) is 13.9. The number of ether oxygens (including phenoxy) is 3. The average Bonchev–Trinajstić information content (AvgIpc) is 2.74. The molecule has 7 nitrogen and oxygen atoms in total. The van der Waals surface area contributed by atoms with Crippen molar-refractivity contribution >= 4 is 17.8 Å². The highest BCUT2D eigenvalue weighted by Gasteiger charge is 2.18. The minimum absolute atomic E-state index is 0.0596. The van der Waals surface area contributed by atoms with Crippen LogP contribution >= 0.6 is 0 Å². The molecule has 1 fully saturated rings. The summed E-state index contributed by atoms with van der Waals surface area (Å²) in [7, 11) is 1.53. The lowest BCUT2D eigenvalue weighted by Gasteiger charge is -2.26. The molecule has 8 heteroatoms. The van der Waals surface area contributed by atoms with E-state index in [1.54, 1.807) is 41.4 Å². The summed E-state index contributed by atoms with van der Waals surface area (Å²) in [5.41, 5.74) is 4.27. The molecule has 1 aliphatic rings. The molecule has 3 rings (SSSR count). The Morgan fingerprint density at radius 2 is 1.96 bits per heavy atom. The van der Waals surface area contributed by atoms with Crippen LogP contribution in [0.3, 0.4) is 0 Å². The fourth-order valence-electron chi connectivity index (χ4n) is 2.63. The lowest BCUT2D eigenvalue weighted by molar-refractivity contribution is -0.137. The molecule has 2 aromatic rings. The van der Waals surface area contributed by atoms with Gasteiger partial charge < -0.3 is 19.1 Å². The number of amides is 1. The van der Waals surface area contributed by atoms with E-state index in [9.17, 15) is 9.18 Å². The predicted molar refractivity (Wildman–Crippen MR) is 104 cm³/mol. The maximum atomic E-state index is 12.9. The zero-order valence-electron chi connectivity index (χ0n) is 15.6. The number of nitrogens with one attached hydrogen (secondary N) is 1. The first-order valence-corrected chi connectivity index (χ1v) is 8.87. The maximum absolute atomic E-state index is 12.9. The number of nitrogens with zero attached hydrogens (tertiary/aromatic N) is 2. The molecule has 28 heavy (non-hydrogen) atoms. The number of hydrazone groups is 1. The van der Waals surface area contributed by atoms with Gasteiger partial charge in [0.05, 0.1) is 32.2 Å². The predicted octanol–water partition coefficient (Wildman–Crippen LogP) is 2.52. The van der Waals surface area contributed by atoms with Crippen LogP contribution < -0.4 is 14.9 Å². The lowest BCUT2D eigenvalue weighted by atomic mass is 10.2.